The van der Waals surface area contributed by atoms with Crippen molar-refractivity contribution in [1.82, 2.24) is 9.97 Å². The molecular weight excluding hydrogens is 370 g/mol. The maximum Gasteiger partial charge on any atom is 0.331 e. The van der Waals surface area contributed by atoms with Gasteiger partial charge in [0.25, 0.3) is 0 Å². The first kappa shape index (κ1) is 17.6. The summed E-state index contributed by atoms with van der Waals surface area (Å²) in [7, 11) is 0. The number of carbonyl (C=O) groups excluding carboxylic acids is 1. The summed E-state index contributed by atoms with van der Waals surface area (Å²) in [6.07, 6.45) is 6.81. The molecule has 0 N–H and O–H groups in total. The van der Waals surface area contributed by atoms with E-state index in [0.717, 1.165) is 24.3 Å². The van der Waals surface area contributed by atoms with Crippen molar-refractivity contribution in [3.8, 4) is 11.5 Å². The van der Waals surface area contributed by atoms with Crippen LogP contribution >= 0.6 is 11.6 Å². The zero-order valence-corrected chi connectivity index (χ0v) is 15.3. The molecule has 1 saturated heterocycles. The number of anilines is 1. The van der Waals surface area contributed by atoms with Crippen LogP contribution in [0.1, 0.15) is 12.0 Å². The van der Waals surface area contributed by atoms with Gasteiger partial charge in [-0.2, -0.15) is 0 Å². The Morgan fingerprint density at radius 2 is 2.11 bits per heavy atom. The fourth-order valence-electron chi connectivity index (χ4n) is 3.05. The van der Waals surface area contributed by atoms with Crippen molar-refractivity contribution in [2.45, 2.75) is 12.5 Å². The number of carbonyl (C=O) groups is 1. The normalized spacial score (nSPS) is 18.7. The molecule has 0 spiro atoms. The largest absolute Gasteiger partial charge is 0.486 e. The highest BCUT2D eigenvalue weighted by atomic mass is 35.5. The van der Waals surface area contributed by atoms with Crippen LogP contribution in [-0.4, -0.2) is 48.3 Å². The fourth-order valence-corrected chi connectivity index (χ4v) is 3.19. The van der Waals surface area contributed by atoms with Crippen molar-refractivity contribution in [2.75, 3.05) is 31.2 Å². The van der Waals surface area contributed by atoms with Gasteiger partial charge in [0.15, 0.2) is 11.5 Å². The number of aromatic nitrogens is 2. The van der Waals surface area contributed by atoms with Crippen LogP contribution in [0.25, 0.3) is 6.08 Å². The molecule has 7 nitrogen and oxygen atoms in total. The maximum absolute atomic E-state index is 12.1. The lowest BCUT2D eigenvalue weighted by Crippen LogP contribution is -2.25. The number of hydrogen-bond acceptors (Lipinski definition) is 7. The number of rotatable bonds is 4. The zero-order chi connectivity index (χ0) is 18.6. The van der Waals surface area contributed by atoms with E-state index in [1.165, 1.54) is 12.3 Å². The van der Waals surface area contributed by atoms with Gasteiger partial charge in [0.2, 0.25) is 0 Å². The lowest BCUT2D eigenvalue weighted by molar-refractivity contribution is -0.141. The molecule has 0 saturated carbocycles. The number of halogens is 1. The van der Waals surface area contributed by atoms with Gasteiger partial charge in [0.1, 0.15) is 30.3 Å². The average Bonchev–Trinajstić information content (AvgIpc) is 3.15. The topological polar surface area (TPSA) is 73.8 Å². The standard InChI is InChI=1S/C19H18ClN3O4/c20-17-10-21-11-18(22-17)23-6-5-14(12-23)27-19(24)4-2-13-1-3-15-16(9-13)26-8-7-25-15/h1-4,9-11,14H,5-8,12H2/b4-2+/t14-/m0/s1. The van der Waals surface area contributed by atoms with Gasteiger partial charge >= 0.3 is 5.97 Å². The molecule has 1 aromatic carbocycles. The Morgan fingerprint density at radius 3 is 2.96 bits per heavy atom. The molecule has 140 valence electrons. The van der Waals surface area contributed by atoms with E-state index in [1.807, 2.05) is 23.1 Å². The second kappa shape index (κ2) is 7.84. The van der Waals surface area contributed by atoms with E-state index in [2.05, 4.69) is 9.97 Å². The molecule has 0 bridgehead atoms. The van der Waals surface area contributed by atoms with E-state index in [4.69, 9.17) is 25.8 Å². The van der Waals surface area contributed by atoms with Crippen LogP contribution < -0.4 is 14.4 Å². The molecule has 0 amide bonds. The number of benzene rings is 1. The van der Waals surface area contributed by atoms with Gasteiger partial charge in [-0.25, -0.2) is 9.78 Å². The van der Waals surface area contributed by atoms with Gasteiger partial charge in [-0.3, -0.25) is 4.98 Å². The highest BCUT2D eigenvalue weighted by Crippen LogP contribution is 2.31. The van der Waals surface area contributed by atoms with Crippen molar-refractivity contribution < 1.29 is 19.0 Å². The lowest BCUT2D eigenvalue weighted by Gasteiger charge is -2.18. The van der Waals surface area contributed by atoms with Crippen LogP contribution in [0.15, 0.2) is 36.7 Å². The molecule has 1 atom stereocenters. The number of nitrogens with zero attached hydrogens (tertiary/aromatic N) is 3. The summed E-state index contributed by atoms with van der Waals surface area (Å²) >= 11 is 5.88. The van der Waals surface area contributed by atoms with Gasteiger partial charge < -0.3 is 19.1 Å². The first-order chi connectivity index (χ1) is 13.2. The van der Waals surface area contributed by atoms with Crippen molar-refractivity contribution in [1.29, 1.82) is 0 Å². The van der Waals surface area contributed by atoms with E-state index in [1.54, 1.807) is 12.3 Å². The smallest absolute Gasteiger partial charge is 0.331 e. The Labute approximate surface area is 161 Å². The average molecular weight is 388 g/mol. The third-order valence-corrected chi connectivity index (χ3v) is 4.50. The summed E-state index contributed by atoms with van der Waals surface area (Å²) in [5.41, 5.74) is 0.846. The molecule has 2 aromatic rings. The van der Waals surface area contributed by atoms with Crippen LogP contribution in [-0.2, 0) is 9.53 Å². The summed E-state index contributed by atoms with van der Waals surface area (Å²) in [4.78, 5) is 22.4. The Hall–Kier alpha value is -2.80. The molecule has 0 radical (unpaired) electrons. The summed E-state index contributed by atoms with van der Waals surface area (Å²) in [6, 6.07) is 5.54. The van der Waals surface area contributed by atoms with Crippen molar-refractivity contribution >= 4 is 29.5 Å². The van der Waals surface area contributed by atoms with Crippen LogP contribution in [0, 0.1) is 0 Å². The molecule has 0 unspecified atom stereocenters. The SMILES string of the molecule is O=C(/C=C/c1ccc2c(c1)OCCO2)O[C@H]1CCN(c2cncc(Cl)n2)C1. The molecule has 2 aliphatic rings. The predicted octanol–water partition coefficient (Wildman–Crippen LogP) is 2.74. The first-order valence-corrected chi connectivity index (χ1v) is 9.06. The summed E-state index contributed by atoms with van der Waals surface area (Å²) < 4.78 is 16.5. The third kappa shape index (κ3) is 4.31. The van der Waals surface area contributed by atoms with E-state index in [9.17, 15) is 4.79 Å². The van der Waals surface area contributed by atoms with Gasteiger partial charge in [-0.15, -0.1) is 0 Å². The molecule has 1 fully saturated rings. The monoisotopic (exact) mass is 387 g/mol. The molecule has 3 heterocycles. The minimum absolute atomic E-state index is 0.191. The molecule has 1 aromatic heterocycles. The minimum atomic E-state index is -0.381. The Bertz CT molecular complexity index is 874. The summed E-state index contributed by atoms with van der Waals surface area (Å²) in [6.45, 7) is 2.38. The quantitative estimate of drug-likeness (QED) is 0.589. The number of hydrogen-bond donors (Lipinski definition) is 0. The second-order valence-electron chi connectivity index (χ2n) is 6.23. The van der Waals surface area contributed by atoms with Gasteiger partial charge in [-0.1, -0.05) is 17.7 Å². The first-order valence-electron chi connectivity index (χ1n) is 8.68. The molecular formula is C19H18ClN3O4. The van der Waals surface area contributed by atoms with Crippen LogP contribution in [0.5, 0.6) is 11.5 Å². The summed E-state index contributed by atoms with van der Waals surface area (Å²) in [5.74, 6) is 1.71. The molecule has 0 aliphatic carbocycles. The van der Waals surface area contributed by atoms with Crippen LogP contribution in [0.4, 0.5) is 5.82 Å². The molecule has 8 heteroatoms. The van der Waals surface area contributed by atoms with Crippen molar-refractivity contribution in [3.63, 3.8) is 0 Å². The minimum Gasteiger partial charge on any atom is -0.486 e. The maximum atomic E-state index is 12.1. The summed E-state index contributed by atoms with van der Waals surface area (Å²) in [5, 5.41) is 0.343. The van der Waals surface area contributed by atoms with Gasteiger partial charge in [-0.05, 0) is 23.8 Å². The number of fused-ring (bicyclic) bond motifs is 1. The number of esters is 1. The Kier molecular flexibility index (Phi) is 5.11. The highest BCUT2D eigenvalue weighted by Gasteiger charge is 2.26. The molecule has 27 heavy (non-hydrogen) atoms. The predicted molar refractivity (Wildman–Crippen MR) is 100 cm³/mol. The Morgan fingerprint density at radius 1 is 1.26 bits per heavy atom. The lowest BCUT2D eigenvalue weighted by atomic mass is 10.2. The van der Waals surface area contributed by atoms with Gasteiger partial charge in [0.05, 0.1) is 18.9 Å². The van der Waals surface area contributed by atoms with Crippen molar-refractivity contribution in [2.24, 2.45) is 0 Å². The van der Waals surface area contributed by atoms with Crippen LogP contribution in [0.2, 0.25) is 5.15 Å². The van der Waals surface area contributed by atoms with Crippen molar-refractivity contribution in [3.05, 3.63) is 47.4 Å². The fraction of sp³-hybridized carbons (Fsp3) is 0.316. The second-order valence-corrected chi connectivity index (χ2v) is 6.62. The Balaban J connectivity index is 1.32. The highest BCUT2D eigenvalue weighted by molar-refractivity contribution is 6.29. The zero-order valence-electron chi connectivity index (χ0n) is 14.5. The van der Waals surface area contributed by atoms with E-state index >= 15 is 0 Å². The number of ether oxygens (including phenoxy) is 3. The van der Waals surface area contributed by atoms with E-state index in [0.29, 0.717) is 36.5 Å². The van der Waals surface area contributed by atoms with E-state index in [-0.39, 0.29) is 12.1 Å². The molecule has 2 aliphatic heterocycles. The molecule has 4 rings (SSSR count). The third-order valence-electron chi connectivity index (χ3n) is 4.32. The van der Waals surface area contributed by atoms with E-state index < -0.39 is 0 Å². The van der Waals surface area contributed by atoms with Gasteiger partial charge in [0, 0.05) is 19.0 Å². The van der Waals surface area contributed by atoms with Crippen LogP contribution in [0.3, 0.4) is 0 Å².